The van der Waals surface area contributed by atoms with E-state index in [9.17, 15) is 0 Å². The molecular formula is C30H18N2O. The highest BCUT2D eigenvalue weighted by Crippen LogP contribution is 2.42. The Labute approximate surface area is 197 Å². The number of rotatable bonds is 2. The second kappa shape index (κ2) is 6.05. The second-order valence-corrected chi connectivity index (χ2v) is 8.18. The number of fused-ring (bicyclic) bond motifs is 3. The minimum absolute atomic E-state index is 0.125. The van der Waals surface area contributed by atoms with Gasteiger partial charge < -0.3 is 13.6 Å². The van der Waals surface area contributed by atoms with Gasteiger partial charge in [-0.3, -0.25) is 0 Å². The Balaban J connectivity index is 1.63. The zero-order chi connectivity index (χ0) is 26.7. The van der Waals surface area contributed by atoms with E-state index in [1.54, 1.807) is 9.13 Å². The summed E-state index contributed by atoms with van der Waals surface area (Å²) >= 11 is 0. The van der Waals surface area contributed by atoms with E-state index in [4.69, 9.17) is 12.6 Å². The number of hydrogen-bond donors (Lipinski definition) is 0. The van der Waals surface area contributed by atoms with Gasteiger partial charge >= 0.3 is 0 Å². The first-order chi connectivity index (χ1) is 18.9. The molecule has 3 nitrogen and oxygen atoms in total. The summed E-state index contributed by atoms with van der Waals surface area (Å²) in [6.45, 7) is 0. The molecule has 0 atom stereocenters. The fraction of sp³-hybridized carbons (Fsp3) is 0. The average molecular weight is 429 g/mol. The quantitative estimate of drug-likeness (QED) is 0.273. The summed E-state index contributed by atoms with van der Waals surface area (Å²) < 4.78 is 62.6. The number of benzene rings is 5. The number of aromatic nitrogens is 2. The molecule has 154 valence electrons. The van der Waals surface area contributed by atoms with Crippen molar-refractivity contribution in [2.75, 3.05) is 0 Å². The summed E-state index contributed by atoms with van der Waals surface area (Å²) in [6.07, 6.45) is 0. The molecule has 0 saturated carbocycles. The molecule has 0 unspecified atom stereocenters. The Morgan fingerprint density at radius 3 is 1.82 bits per heavy atom. The second-order valence-electron chi connectivity index (χ2n) is 8.18. The van der Waals surface area contributed by atoms with Crippen LogP contribution in [0.25, 0.3) is 66.2 Å². The molecule has 0 N–H and O–H groups in total. The predicted octanol–water partition coefficient (Wildman–Crippen LogP) is 8.06. The van der Waals surface area contributed by atoms with Crippen molar-refractivity contribution in [2.45, 2.75) is 0 Å². The Morgan fingerprint density at radius 1 is 0.545 bits per heavy atom. The van der Waals surface area contributed by atoms with E-state index in [0.717, 1.165) is 16.4 Å². The first-order valence-corrected chi connectivity index (χ1v) is 10.7. The largest absolute Gasteiger partial charge is 0.456 e. The van der Waals surface area contributed by atoms with Crippen LogP contribution < -0.4 is 0 Å². The zero-order valence-corrected chi connectivity index (χ0v) is 17.2. The van der Waals surface area contributed by atoms with Crippen molar-refractivity contribution in [3.63, 3.8) is 0 Å². The van der Waals surface area contributed by atoms with E-state index < -0.39 is 0 Å². The molecule has 0 aliphatic rings. The van der Waals surface area contributed by atoms with E-state index in [1.807, 2.05) is 72.8 Å². The normalized spacial score (nSPS) is 14.8. The Hall–Kier alpha value is -4.50. The molecule has 3 heterocycles. The van der Waals surface area contributed by atoms with Gasteiger partial charge in [0.1, 0.15) is 11.2 Å². The molecule has 0 aliphatic heterocycles. The predicted molar refractivity (Wildman–Crippen MR) is 136 cm³/mol. The van der Waals surface area contributed by atoms with E-state index in [0.29, 0.717) is 49.8 Å². The number of hydrogen-bond acceptors (Lipinski definition) is 1. The van der Waals surface area contributed by atoms with Crippen LogP contribution >= 0.6 is 0 Å². The van der Waals surface area contributed by atoms with Crippen LogP contribution in [-0.4, -0.2) is 9.13 Å². The lowest BCUT2D eigenvalue weighted by atomic mass is 10.1. The molecule has 0 radical (unpaired) electrons. The fourth-order valence-electron chi connectivity index (χ4n) is 5.09. The molecule has 0 fully saturated rings. The lowest BCUT2D eigenvalue weighted by Gasteiger charge is -2.12. The fourth-order valence-corrected chi connectivity index (χ4v) is 5.09. The molecule has 8 rings (SSSR count). The van der Waals surface area contributed by atoms with Crippen molar-refractivity contribution >= 4 is 54.8 Å². The SMILES string of the molecule is [2H]c1c([2H])c2c3c4c(c([2H])c([2H])c([2H])c4n(-c4ccc5oc6ccccc6c5c4)c3c1[2H])n2-c1ccccc1. The van der Waals surface area contributed by atoms with Crippen molar-refractivity contribution in [3.8, 4) is 11.4 Å². The standard InChI is InChI=1S/C30H18N2O/c1-2-8-19(9-3-1)31-23-11-6-13-25-29(23)30-24(31)12-7-14-26(30)32(25)20-16-17-28-22(18-20)21-10-4-5-15-27(21)33-28/h1-18H/i6D,7D,11D,12D,13D,14D. The first-order valence-electron chi connectivity index (χ1n) is 13.7. The average Bonchev–Trinajstić information content (AvgIpc) is 3.61. The van der Waals surface area contributed by atoms with Gasteiger partial charge in [0.2, 0.25) is 0 Å². The van der Waals surface area contributed by atoms with Crippen LogP contribution in [0.1, 0.15) is 8.22 Å². The van der Waals surface area contributed by atoms with Crippen molar-refractivity contribution in [3.05, 3.63) is 109 Å². The first kappa shape index (κ1) is 12.5. The van der Waals surface area contributed by atoms with Crippen molar-refractivity contribution in [1.82, 2.24) is 9.13 Å². The summed E-state index contributed by atoms with van der Waals surface area (Å²) in [7, 11) is 0. The van der Waals surface area contributed by atoms with E-state index in [2.05, 4.69) is 0 Å². The molecule has 3 heteroatoms. The van der Waals surface area contributed by atoms with Gasteiger partial charge in [0.25, 0.3) is 0 Å². The molecule has 0 bridgehead atoms. The van der Waals surface area contributed by atoms with Crippen molar-refractivity contribution in [1.29, 1.82) is 0 Å². The summed E-state index contributed by atoms with van der Waals surface area (Å²) in [5.41, 5.74) is 4.33. The van der Waals surface area contributed by atoms with Gasteiger partial charge in [0, 0.05) is 32.9 Å². The molecule has 0 aliphatic carbocycles. The highest BCUT2D eigenvalue weighted by Gasteiger charge is 2.22. The Bertz CT molecular complexity index is 2210. The van der Waals surface area contributed by atoms with Gasteiger partial charge in [-0.1, -0.05) is 48.5 Å². The van der Waals surface area contributed by atoms with Gasteiger partial charge in [0.15, 0.2) is 0 Å². The lowest BCUT2D eigenvalue weighted by Crippen LogP contribution is -1.97. The highest BCUT2D eigenvalue weighted by atomic mass is 16.3. The Kier molecular flexibility index (Phi) is 2.29. The molecule has 8 aromatic rings. The monoisotopic (exact) mass is 428 g/mol. The third-order valence-corrected chi connectivity index (χ3v) is 6.45. The molecular weight excluding hydrogens is 404 g/mol. The molecule has 0 spiro atoms. The summed E-state index contributed by atoms with van der Waals surface area (Å²) in [6, 6.07) is 21.6. The lowest BCUT2D eigenvalue weighted by molar-refractivity contribution is 0.669. The summed E-state index contributed by atoms with van der Waals surface area (Å²) in [5.74, 6) is 0. The highest BCUT2D eigenvalue weighted by molar-refractivity contribution is 6.25. The smallest absolute Gasteiger partial charge is 0.135 e. The van der Waals surface area contributed by atoms with E-state index >= 15 is 0 Å². The van der Waals surface area contributed by atoms with Crippen LogP contribution in [0, 0.1) is 0 Å². The minimum Gasteiger partial charge on any atom is -0.456 e. The third kappa shape index (κ3) is 2.14. The molecule has 0 saturated heterocycles. The van der Waals surface area contributed by atoms with Crippen LogP contribution in [0.15, 0.2) is 113 Å². The molecule has 0 amide bonds. The maximum Gasteiger partial charge on any atom is 0.135 e. The zero-order valence-electron chi connectivity index (χ0n) is 23.2. The maximum absolute atomic E-state index is 8.96. The molecule has 3 aromatic heterocycles. The number of furan rings is 1. The Morgan fingerprint density at radius 2 is 1.12 bits per heavy atom. The minimum atomic E-state index is -0.236. The molecule has 5 aromatic carbocycles. The number of para-hydroxylation sites is 2. The number of nitrogens with zero attached hydrogens (tertiary/aromatic N) is 2. The summed E-state index contributed by atoms with van der Waals surface area (Å²) in [4.78, 5) is 0. The third-order valence-electron chi connectivity index (χ3n) is 6.45. The van der Waals surface area contributed by atoms with Gasteiger partial charge in [-0.25, -0.2) is 0 Å². The van der Waals surface area contributed by atoms with Crippen LogP contribution in [0.2, 0.25) is 0 Å². The van der Waals surface area contributed by atoms with Crippen molar-refractivity contribution in [2.24, 2.45) is 0 Å². The van der Waals surface area contributed by atoms with Gasteiger partial charge in [-0.15, -0.1) is 0 Å². The van der Waals surface area contributed by atoms with Crippen LogP contribution in [0.4, 0.5) is 0 Å². The summed E-state index contributed by atoms with van der Waals surface area (Å²) in [5, 5.41) is 2.90. The van der Waals surface area contributed by atoms with Crippen LogP contribution in [-0.2, 0) is 0 Å². The topological polar surface area (TPSA) is 23.0 Å². The van der Waals surface area contributed by atoms with Gasteiger partial charge in [0.05, 0.1) is 30.3 Å². The maximum atomic E-state index is 8.96. The van der Waals surface area contributed by atoms with Gasteiger partial charge in [-0.05, 0) is 60.6 Å². The van der Waals surface area contributed by atoms with Crippen molar-refractivity contribution < 1.29 is 12.6 Å². The van der Waals surface area contributed by atoms with E-state index in [1.165, 1.54) is 0 Å². The van der Waals surface area contributed by atoms with Crippen LogP contribution in [0.5, 0.6) is 0 Å². The van der Waals surface area contributed by atoms with Gasteiger partial charge in [-0.2, -0.15) is 0 Å². The molecule has 33 heavy (non-hydrogen) atoms. The van der Waals surface area contributed by atoms with E-state index in [-0.39, 0.29) is 36.3 Å². The van der Waals surface area contributed by atoms with Crippen LogP contribution in [0.3, 0.4) is 0 Å².